The summed E-state index contributed by atoms with van der Waals surface area (Å²) in [5.74, 6) is -0.0634. The van der Waals surface area contributed by atoms with Gasteiger partial charge in [0.15, 0.2) is 0 Å². The number of hydrogen-bond donors (Lipinski definition) is 0. The van der Waals surface area contributed by atoms with Crippen LogP contribution >= 0.6 is 0 Å². The molecule has 0 bridgehead atoms. The first kappa shape index (κ1) is 12.3. The molecule has 0 fully saturated rings. The van der Waals surface area contributed by atoms with E-state index in [0.717, 1.165) is 5.56 Å². The number of nitrogens with zero attached hydrogens (tertiary/aromatic N) is 3. The van der Waals surface area contributed by atoms with Crippen molar-refractivity contribution < 1.29 is 4.79 Å². The fraction of sp³-hybridized carbons (Fsp3) is 0.0625. The summed E-state index contributed by atoms with van der Waals surface area (Å²) in [7, 11) is 0. The molecule has 2 aromatic carbocycles. The lowest BCUT2D eigenvalue weighted by atomic mass is 10.1. The van der Waals surface area contributed by atoms with Crippen LogP contribution in [-0.4, -0.2) is 20.8 Å². The van der Waals surface area contributed by atoms with Crippen molar-refractivity contribution in [3.05, 3.63) is 83.7 Å². The fourth-order valence-electron chi connectivity index (χ4n) is 2.04. The topological polar surface area (TPSA) is 47.8 Å². The van der Waals surface area contributed by atoms with E-state index in [1.807, 2.05) is 48.5 Å². The van der Waals surface area contributed by atoms with Gasteiger partial charge in [0.1, 0.15) is 5.69 Å². The van der Waals surface area contributed by atoms with Gasteiger partial charge in [-0.25, -0.2) is 4.68 Å². The Bertz CT molecular complexity index is 705. The largest absolute Gasteiger partial charge is 0.287 e. The van der Waals surface area contributed by atoms with Crippen LogP contribution in [0.15, 0.2) is 66.9 Å². The van der Waals surface area contributed by atoms with Crippen molar-refractivity contribution in [3.63, 3.8) is 0 Å². The molecule has 1 heterocycles. The Morgan fingerprint density at radius 3 is 2.30 bits per heavy atom. The number of rotatable bonds is 4. The zero-order valence-corrected chi connectivity index (χ0v) is 10.8. The smallest absolute Gasteiger partial charge is 0.212 e. The Kier molecular flexibility index (Phi) is 3.37. The van der Waals surface area contributed by atoms with Crippen molar-refractivity contribution in [2.45, 2.75) is 6.54 Å². The Morgan fingerprint density at radius 2 is 1.60 bits per heavy atom. The zero-order chi connectivity index (χ0) is 13.8. The molecule has 0 spiro atoms. The van der Waals surface area contributed by atoms with E-state index in [1.54, 1.807) is 16.8 Å². The molecule has 0 unspecified atom stereocenters. The van der Waals surface area contributed by atoms with Gasteiger partial charge >= 0.3 is 0 Å². The van der Waals surface area contributed by atoms with Crippen LogP contribution in [0.4, 0.5) is 0 Å². The predicted octanol–water partition coefficient (Wildman–Crippen LogP) is 2.56. The molecule has 0 atom stereocenters. The highest BCUT2D eigenvalue weighted by molar-refractivity contribution is 6.07. The summed E-state index contributed by atoms with van der Waals surface area (Å²) in [6, 6.07) is 19.0. The van der Waals surface area contributed by atoms with E-state index in [2.05, 4.69) is 10.3 Å². The van der Waals surface area contributed by atoms with E-state index in [1.165, 1.54) is 6.20 Å². The molecule has 0 radical (unpaired) electrons. The maximum Gasteiger partial charge on any atom is 0.212 e. The molecule has 1 aromatic heterocycles. The average Bonchev–Trinajstić information content (AvgIpc) is 2.96. The molecule has 20 heavy (non-hydrogen) atoms. The number of ketones is 1. The standard InChI is InChI=1S/C16H13N3O/c20-16(14-9-5-2-6-10-14)15-11-17-18-19(15)12-13-7-3-1-4-8-13/h1-11H,12H2. The lowest BCUT2D eigenvalue weighted by Gasteiger charge is -2.05. The summed E-state index contributed by atoms with van der Waals surface area (Å²) in [5, 5.41) is 7.86. The molecule has 3 aromatic rings. The summed E-state index contributed by atoms with van der Waals surface area (Å²) < 4.78 is 1.63. The van der Waals surface area contributed by atoms with E-state index < -0.39 is 0 Å². The molecule has 0 aliphatic rings. The Morgan fingerprint density at radius 1 is 0.950 bits per heavy atom. The van der Waals surface area contributed by atoms with Gasteiger partial charge in [0.25, 0.3) is 0 Å². The Labute approximate surface area is 116 Å². The second kappa shape index (κ2) is 5.48. The highest BCUT2D eigenvalue weighted by atomic mass is 16.1. The minimum atomic E-state index is -0.0634. The quantitative estimate of drug-likeness (QED) is 0.680. The van der Waals surface area contributed by atoms with E-state index in [0.29, 0.717) is 17.8 Å². The Hall–Kier alpha value is -2.75. The van der Waals surface area contributed by atoms with E-state index in [9.17, 15) is 4.79 Å². The molecule has 4 heteroatoms. The first-order valence-electron chi connectivity index (χ1n) is 6.37. The highest BCUT2D eigenvalue weighted by Crippen LogP contribution is 2.10. The first-order valence-corrected chi connectivity index (χ1v) is 6.37. The molecule has 0 aliphatic carbocycles. The van der Waals surface area contributed by atoms with Crippen LogP contribution in [0.3, 0.4) is 0 Å². The molecule has 0 saturated heterocycles. The summed E-state index contributed by atoms with van der Waals surface area (Å²) >= 11 is 0. The third kappa shape index (κ3) is 2.49. The van der Waals surface area contributed by atoms with Crippen molar-refractivity contribution in [3.8, 4) is 0 Å². The maximum absolute atomic E-state index is 12.4. The van der Waals surface area contributed by atoms with Crippen molar-refractivity contribution in [2.75, 3.05) is 0 Å². The summed E-state index contributed by atoms with van der Waals surface area (Å²) in [4.78, 5) is 12.4. The number of carbonyl (C=O) groups is 1. The van der Waals surface area contributed by atoms with E-state index >= 15 is 0 Å². The molecule has 0 saturated carbocycles. The summed E-state index contributed by atoms with van der Waals surface area (Å²) in [6.07, 6.45) is 1.51. The van der Waals surface area contributed by atoms with Crippen LogP contribution in [0, 0.1) is 0 Å². The van der Waals surface area contributed by atoms with Crippen LogP contribution in [0.5, 0.6) is 0 Å². The molecular weight excluding hydrogens is 250 g/mol. The van der Waals surface area contributed by atoms with E-state index in [4.69, 9.17) is 0 Å². The highest BCUT2D eigenvalue weighted by Gasteiger charge is 2.15. The molecule has 4 nitrogen and oxygen atoms in total. The monoisotopic (exact) mass is 263 g/mol. The maximum atomic E-state index is 12.4. The van der Waals surface area contributed by atoms with Crippen molar-refractivity contribution in [1.82, 2.24) is 15.0 Å². The van der Waals surface area contributed by atoms with Gasteiger partial charge in [0, 0.05) is 5.56 Å². The normalized spacial score (nSPS) is 10.4. The van der Waals surface area contributed by atoms with Crippen LogP contribution < -0.4 is 0 Å². The van der Waals surface area contributed by atoms with Gasteiger partial charge in [-0.15, -0.1) is 5.10 Å². The van der Waals surface area contributed by atoms with Gasteiger partial charge in [-0.1, -0.05) is 65.9 Å². The Balaban J connectivity index is 1.89. The van der Waals surface area contributed by atoms with Crippen molar-refractivity contribution in [2.24, 2.45) is 0 Å². The molecular formula is C16H13N3O. The van der Waals surface area contributed by atoms with Crippen molar-refractivity contribution in [1.29, 1.82) is 0 Å². The van der Waals surface area contributed by atoms with Gasteiger partial charge < -0.3 is 0 Å². The number of carbonyl (C=O) groups excluding carboxylic acids is 1. The number of hydrogen-bond acceptors (Lipinski definition) is 3. The fourth-order valence-corrected chi connectivity index (χ4v) is 2.04. The van der Waals surface area contributed by atoms with E-state index in [-0.39, 0.29) is 5.78 Å². The van der Waals surface area contributed by atoms with Gasteiger partial charge in [-0.3, -0.25) is 4.79 Å². The van der Waals surface area contributed by atoms with Gasteiger partial charge in [-0.05, 0) is 5.56 Å². The molecule has 98 valence electrons. The zero-order valence-electron chi connectivity index (χ0n) is 10.8. The van der Waals surface area contributed by atoms with Gasteiger partial charge in [0.2, 0.25) is 5.78 Å². The minimum absolute atomic E-state index is 0.0634. The van der Waals surface area contributed by atoms with Crippen molar-refractivity contribution >= 4 is 5.78 Å². The average molecular weight is 263 g/mol. The molecule has 0 amide bonds. The predicted molar refractivity (Wildman–Crippen MR) is 75.4 cm³/mol. The first-order chi connectivity index (χ1) is 9.84. The number of benzene rings is 2. The van der Waals surface area contributed by atoms with Crippen LogP contribution in [0.25, 0.3) is 0 Å². The third-order valence-electron chi connectivity index (χ3n) is 3.06. The van der Waals surface area contributed by atoms with Crippen LogP contribution in [-0.2, 0) is 6.54 Å². The van der Waals surface area contributed by atoms with Gasteiger partial charge in [0.05, 0.1) is 12.7 Å². The molecule has 0 N–H and O–H groups in total. The second-order valence-corrected chi connectivity index (χ2v) is 4.46. The lowest BCUT2D eigenvalue weighted by Crippen LogP contribution is -2.12. The molecule has 0 aliphatic heterocycles. The lowest BCUT2D eigenvalue weighted by molar-refractivity contribution is 0.102. The SMILES string of the molecule is O=C(c1ccccc1)c1cnnn1Cc1ccccc1. The van der Waals surface area contributed by atoms with Crippen LogP contribution in [0.2, 0.25) is 0 Å². The summed E-state index contributed by atoms with van der Waals surface area (Å²) in [6.45, 7) is 0.536. The summed E-state index contributed by atoms with van der Waals surface area (Å²) in [5.41, 5.74) is 2.23. The number of aromatic nitrogens is 3. The molecule has 3 rings (SSSR count). The van der Waals surface area contributed by atoms with Gasteiger partial charge in [-0.2, -0.15) is 0 Å². The second-order valence-electron chi connectivity index (χ2n) is 4.46. The van der Waals surface area contributed by atoms with Crippen LogP contribution in [0.1, 0.15) is 21.6 Å². The minimum Gasteiger partial charge on any atom is -0.287 e. The third-order valence-corrected chi connectivity index (χ3v) is 3.06.